The predicted octanol–water partition coefficient (Wildman–Crippen LogP) is 6.93. The molecule has 0 radical (unpaired) electrons. The van der Waals surface area contributed by atoms with Gasteiger partial charge in [0, 0.05) is 30.9 Å². The zero-order valence-corrected chi connectivity index (χ0v) is 25.0. The lowest BCUT2D eigenvalue weighted by molar-refractivity contribution is 0.0109. The minimum atomic E-state index is -0.135. The van der Waals surface area contributed by atoms with Gasteiger partial charge in [-0.3, -0.25) is 4.90 Å². The van der Waals surface area contributed by atoms with Crippen molar-refractivity contribution in [2.75, 3.05) is 33.9 Å². The van der Waals surface area contributed by atoms with Crippen molar-refractivity contribution in [3.05, 3.63) is 101 Å². The van der Waals surface area contributed by atoms with Crippen molar-refractivity contribution < 1.29 is 9.47 Å². The van der Waals surface area contributed by atoms with E-state index in [1.165, 1.54) is 16.8 Å². The summed E-state index contributed by atoms with van der Waals surface area (Å²) in [6.45, 7) is 7.43. The smallest absolute Gasteiger partial charge is 0.138 e. The third kappa shape index (κ3) is 6.34. The number of imidazole rings is 1. The predicted molar refractivity (Wildman–Crippen MR) is 167 cm³/mol. The molecule has 0 amide bonds. The fourth-order valence-electron chi connectivity index (χ4n) is 6.41. The van der Waals surface area contributed by atoms with Crippen molar-refractivity contribution in [2.45, 2.75) is 57.5 Å². The van der Waals surface area contributed by atoms with E-state index in [4.69, 9.17) is 14.5 Å². The number of ether oxygens (including phenoxy) is 2. The highest BCUT2D eigenvalue weighted by atomic mass is 16.5. The van der Waals surface area contributed by atoms with Gasteiger partial charge in [-0.25, -0.2) is 4.98 Å². The molecular formula is C35H44N4O2. The minimum absolute atomic E-state index is 0.135. The van der Waals surface area contributed by atoms with Crippen molar-refractivity contribution in [1.29, 1.82) is 0 Å². The van der Waals surface area contributed by atoms with Gasteiger partial charge in [-0.05, 0) is 68.0 Å². The Hall–Kier alpha value is -3.61. The molecule has 0 saturated carbocycles. The highest BCUT2D eigenvalue weighted by molar-refractivity contribution is 5.58. The van der Waals surface area contributed by atoms with Gasteiger partial charge in [-0.1, -0.05) is 67.9 Å². The number of methoxy groups -OCH3 is 2. The first-order valence-electron chi connectivity index (χ1n) is 15.0. The molecule has 5 rings (SSSR count). The monoisotopic (exact) mass is 552 g/mol. The molecule has 1 aliphatic heterocycles. The van der Waals surface area contributed by atoms with Crippen molar-refractivity contribution in [2.24, 2.45) is 0 Å². The first-order chi connectivity index (χ1) is 20.1. The number of H-pyrrole nitrogens is 1. The van der Waals surface area contributed by atoms with Gasteiger partial charge in [-0.15, -0.1) is 0 Å². The molecular weight excluding hydrogens is 508 g/mol. The summed E-state index contributed by atoms with van der Waals surface area (Å²) in [6.07, 6.45) is 5.20. The van der Waals surface area contributed by atoms with Crippen LogP contribution >= 0.6 is 0 Å². The van der Waals surface area contributed by atoms with Crippen LogP contribution in [0.5, 0.6) is 11.5 Å². The number of rotatable bonds is 12. The summed E-state index contributed by atoms with van der Waals surface area (Å²) < 4.78 is 10.9. The maximum atomic E-state index is 5.50. The normalized spacial score (nSPS) is 18.2. The van der Waals surface area contributed by atoms with E-state index < -0.39 is 0 Å². The molecule has 6 heteroatoms. The number of benzene rings is 3. The van der Waals surface area contributed by atoms with E-state index in [1.807, 2.05) is 12.1 Å². The summed E-state index contributed by atoms with van der Waals surface area (Å²) in [5.74, 6) is 2.66. The average molecular weight is 553 g/mol. The van der Waals surface area contributed by atoms with Crippen molar-refractivity contribution in [3.8, 4) is 22.9 Å². The van der Waals surface area contributed by atoms with Gasteiger partial charge in [0.15, 0.2) is 0 Å². The van der Waals surface area contributed by atoms with Gasteiger partial charge in [-0.2, -0.15) is 0 Å². The molecule has 0 spiro atoms. The fraction of sp³-hybridized carbons (Fsp3) is 0.400. The number of nitrogens with one attached hydrogen (secondary N) is 2. The van der Waals surface area contributed by atoms with E-state index in [0.717, 1.165) is 80.3 Å². The van der Waals surface area contributed by atoms with Gasteiger partial charge in [0.05, 0.1) is 31.5 Å². The molecule has 216 valence electrons. The van der Waals surface area contributed by atoms with Crippen LogP contribution in [-0.4, -0.2) is 48.7 Å². The molecule has 1 aliphatic rings. The molecule has 1 saturated heterocycles. The number of aromatic amines is 1. The quantitative estimate of drug-likeness (QED) is 0.200. The van der Waals surface area contributed by atoms with E-state index in [-0.39, 0.29) is 11.6 Å². The molecule has 1 aromatic heterocycles. The van der Waals surface area contributed by atoms with Crippen LogP contribution in [0, 0.1) is 0 Å². The standard InChI is InChI=1S/C35H44N4O2/c1-5-11-32-33(38-34(37-32)28-13-9-16-31(24-28)41-4)26(2)39-23-22-36-25-35(39,29-14-7-6-8-15-29)21-10-12-27-17-19-30(40-3)20-18-27/h6-9,13-20,24,26,36H,5,10-12,21-23,25H2,1-4H3,(H,37,38). The minimum Gasteiger partial charge on any atom is -0.497 e. The zero-order valence-electron chi connectivity index (χ0n) is 25.0. The Bertz CT molecular complexity index is 1390. The Labute approximate surface area is 245 Å². The Balaban J connectivity index is 1.48. The summed E-state index contributed by atoms with van der Waals surface area (Å²) in [7, 11) is 3.43. The van der Waals surface area contributed by atoms with Crippen LogP contribution < -0.4 is 14.8 Å². The highest BCUT2D eigenvalue weighted by Crippen LogP contribution is 2.41. The largest absolute Gasteiger partial charge is 0.497 e. The van der Waals surface area contributed by atoms with Crippen LogP contribution in [-0.2, 0) is 18.4 Å². The van der Waals surface area contributed by atoms with E-state index in [1.54, 1.807) is 14.2 Å². The lowest BCUT2D eigenvalue weighted by Crippen LogP contribution is -2.59. The second-order valence-corrected chi connectivity index (χ2v) is 11.1. The van der Waals surface area contributed by atoms with E-state index in [2.05, 4.69) is 95.8 Å². The zero-order chi connectivity index (χ0) is 28.7. The molecule has 6 nitrogen and oxygen atoms in total. The maximum absolute atomic E-state index is 5.50. The molecule has 0 aliphatic carbocycles. The topological polar surface area (TPSA) is 62.4 Å². The number of hydrogen-bond acceptors (Lipinski definition) is 5. The fourth-order valence-corrected chi connectivity index (χ4v) is 6.41. The third-order valence-corrected chi connectivity index (χ3v) is 8.54. The molecule has 2 atom stereocenters. The van der Waals surface area contributed by atoms with E-state index >= 15 is 0 Å². The molecule has 2 N–H and O–H groups in total. The van der Waals surface area contributed by atoms with Crippen molar-refractivity contribution in [1.82, 2.24) is 20.2 Å². The Morgan fingerprint density at radius 2 is 1.71 bits per heavy atom. The Morgan fingerprint density at radius 3 is 2.44 bits per heavy atom. The molecule has 2 heterocycles. The van der Waals surface area contributed by atoms with Crippen LogP contribution in [0.15, 0.2) is 78.9 Å². The van der Waals surface area contributed by atoms with E-state index in [0.29, 0.717) is 0 Å². The van der Waals surface area contributed by atoms with Gasteiger partial charge in [0.2, 0.25) is 0 Å². The van der Waals surface area contributed by atoms with Crippen molar-refractivity contribution >= 4 is 0 Å². The van der Waals surface area contributed by atoms with Gasteiger partial charge in [0.1, 0.15) is 17.3 Å². The summed E-state index contributed by atoms with van der Waals surface area (Å²) in [5, 5.41) is 3.76. The van der Waals surface area contributed by atoms with Gasteiger partial charge < -0.3 is 19.8 Å². The number of piperazine rings is 1. The molecule has 41 heavy (non-hydrogen) atoms. The van der Waals surface area contributed by atoms with Crippen LogP contribution in [0.2, 0.25) is 0 Å². The summed E-state index contributed by atoms with van der Waals surface area (Å²) in [4.78, 5) is 11.7. The van der Waals surface area contributed by atoms with E-state index in [9.17, 15) is 0 Å². The Morgan fingerprint density at radius 1 is 0.927 bits per heavy atom. The number of aromatic nitrogens is 2. The van der Waals surface area contributed by atoms with Gasteiger partial charge >= 0.3 is 0 Å². The van der Waals surface area contributed by atoms with Crippen LogP contribution in [0.3, 0.4) is 0 Å². The average Bonchev–Trinajstić information content (AvgIpc) is 3.46. The summed E-state index contributed by atoms with van der Waals surface area (Å²) in [5.41, 5.74) is 6.02. The number of nitrogens with zero attached hydrogens (tertiary/aromatic N) is 2. The lowest BCUT2D eigenvalue weighted by atomic mass is 9.80. The molecule has 4 aromatic rings. The molecule has 1 fully saturated rings. The van der Waals surface area contributed by atoms with Crippen molar-refractivity contribution in [3.63, 3.8) is 0 Å². The second-order valence-electron chi connectivity index (χ2n) is 11.1. The van der Waals surface area contributed by atoms with Crippen LogP contribution in [0.25, 0.3) is 11.4 Å². The van der Waals surface area contributed by atoms with Gasteiger partial charge in [0.25, 0.3) is 0 Å². The maximum Gasteiger partial charge on any atom is 0.138 e. The first-order valence-corrected chi connectivity index (χ1v) is 15.0. The number of hydrogen-bond donors (Lipinski definition) is 2. The first kappa shape index (κ1) is 28.9. The number of aryl methyl sites for hydroxylation is 2. The lowest BCUT2D eigenvalue weighted by Gasteiger charge is -2.51. The summed E-state index contributed by atoms with van der Waals surface area (Å²) >= 11 is 0. The second kappa shape index (κ2) is 13.4. The molecule has 0 bridgehead atoms. The third-order valence-electron chi connectivity index (χ3n) is 8.54. The molecule has 2 unspecified atom stereocenters. The highest BCUT2D eigenvalue weighted by Gasteiger charge is 2.43. The van der Waals surface area contributed by atoms with Crippen LogP contribution in [0.1, 0.15) is 61.7 Å². The SMILES string of the molecule is CCCc1[nH]c(-c2cccc(OC)c2)nc1C(C)N1CCNCC1(CCCc1ccc(OC)cc1)c1ccccc1. The van der Waals surface area contributed by atoms with Crippen LogP contribution in [0.4, 0.5) is 0 Å². The summed E-state index contributed by atoms with van der Waals surface area (Å²) in [6, 6.07) is 27.9. The molecule has 3 aromatic carbocycles. The Kier molecular flexibility index (Phi) is 9.42.